The van der Waals surface area contributed by atoms with Gasteiger partial charge in [-0.15, -0.1) is 0 Å². The molecule has 0 saturated carbocycles. The van der Waals surface area contributed by atoms with Gasteiger partial charge in [0.15, 0.2) is 0 Å². The first-order valence-electron chi connectivity index (χ1n) is 6.22. The molecule has 0 heterocycles. The second-order valence-corrected chi connectivity index (χ2v) is 5.14. The van der Waals surface area contributed by atoms with Crippen LogP contribution in [0.2, 0.25) is 5.02 Å². The maximum Gasteiger partial charge on any atom is 0.123 e. The monoisotopic (exact) mass is 277 g/mol. The Morgan fingerprint density at radius 1 is 1.05 bits per heavy atom. The van der Waals surface area contributed by atoms with Crippen LogP contribution >= 0.6 is 11.6 Å². The Morgan fingerprint density at radius 3 is 2.37 bits per heavy atom. The largest absolute Gasteiger partial charge is 0.309 e. The number of aryl methyl sites for hydroxylation is 2. The third kappa shape index (κ3) is 2.96. The van der Waals surface area contributed by atoms with Gasteiger partial charge in [-0.1, -0.05) is 29.8 Å². The molecule has 1 unspecified atom stereocenters. The first-order valence-corrected chi connectivity index (χ1v) is 6.60. The molecule has 0 spiro atoms. The third-order valence-electron chi connectivity index (χ3n) is 3.36. The summed E-state index contributed by atoms with van der Waals surface area (Å²) in [7, 11) is 1.89. The molecule has 19 heavy (non-hydrogen) atoms. The third-order valence-corrected chi connectivity index (χ3v) is 3.77. The van der Waals surface area contributed by atoms with Crippen LogP contribution in [0, 0.1) is 19.7 Å². The fraction of sp³-hybridized carbons (Fsp3) is 0.250. The number of halogens is 2. The highest BCUT2D eigenvalue weighted by atomic mass is 35.5. The molecule has 0 bridgehead atoms. The highest BCUT2D eigenvalue weighted by Gasteiger charge is 2.15. The van der Waals surface area contributed by atoms with E-state index < -0.39 is 0 Å². The van der Waals surface area contributed by atoms with Gasteiger partial charge < -0.3 is 5.32 Å². The van der Waals surface area contributed by atoms with Crippen LogP contribution in [0.1, 0.15) is 28.3 Å². The van der Waals surface area contributed by atoms with Gasteiger partial charge >= 0.3 is 0 Å². The van der Waals surface area contributed by atoms with Crippen molar-refractivity contribution in [2.45, 2.75) is 19.9 Å². The lowest BCUT2D eigenvalue weighted by molar-refractivity contribution is 0.621. The lowest BCUT2D eigenvalue weighted by atomic mass is 9.94. The summed E-state index contributed by atoms with van der Waals surface area (Å²) in [5, 5.41) is 4.01. The highest BCUT2D eigenvalue weighted by Crippen LogP contribution is 2.28. The van der Waals surface area contributed by atoms with E-state index in [1.165, 1.54) is 6.07 Å². The molecular formula is C16H17ClFN. The summed E-state index contributed by atoms with van der Waals surface area (Å²) in [6.07, 6.45) is 0. The average molecular weight is 278 g/mol. The zero-order chi connectivity index (χ0) is 14.0. The van der Waals surface area contributed by atoms with Gasteiger partial charge in [-0.25, -0.2) is 4.39 Å². The van der Waals surface area contributed by atoms with E-state index in [4.69, 9.17) is 11.6 Å². The van der Waals surface area contributed by atoms with Gasteiger partial charge in [0.1, 0.15) is 5.82 Å². The molecule has 0 radical (unpaired) electrons. The molecule has 100 valence electrons. The van der Waals surface area contributed by atoms with Gasteiger partial charge in [0.05, 0.1) is 6.04 Å². The second kappa shape index (κ2) is 5.72. The van der Waals surface area contributed by atoms with E-state index >= 15 is 0 Å². The molecule has 0 aliphatic heterocycles. The van der Waals surface area contributed by atoms with Crippen molar-refractivity contribution >= 4 is 11.6 Å². The molecule has 1 N–H and O–H groups in total. The molecule has 2 rings (SSSR count). The fourth-order valence-electron chi connectivity index (χ4n) is 2.25. The molecule has 2 aromatic rings. The van der Waals surface area contributed by atoms with Crippen LogP contribution in [-0.2, 0) is 0 Å². The molecule has 2 aromatic carbocycles. The number of benzene rings is 2. The zero-order valence-corrected chi connectivity index (χ0v) is 12.1. The van der Waals surface area contributed by atoms with Gasteiger partial charge in [-0.05, 0) is 61.3 Å². The topological polar surface area (TPSA) is 12.0 Å². The lowest BCUT2D eigenvalue weighted by Crippen LogP contribution is -2.18. The predicted molar refractivity (Wildman–Crippen MR) is 78.2 cm³/mol. The van der Waals surface area contributed by atoms with Crippen molar-refractivity contribution in [1.82, 2.24) is 5.32 Å². The quantitative estimate of drug-likeness (QED) is 0.876. The molecule has 3 heteroatoms. The Kier molecular flexibility index (Phi) is 4.23. The van der Waals surface area contributed by atoms with E-state index in [9.17, 15) is 4.39 Å². The molecule has 0 aromatic heterocycles. The summed E-state index contributed by atoms with van der Waals surface area (Å²) in [6.45, 7) is 3.89. The Balaban J connectivity index is 2.46. The number of hydrogen-bond donors (Lipinski definition) is 1. The molecule has 0 aliphatic carbocycles. The summed E-state index contributed by atoms with van der Waals surface area (Å²) in [6, 6.07) is 10.9. The number of rotatable bonds is 3. The zero-order valence-electron chi connectivity index (χ0n) is 11.3. The SMILES string of the molecule is CNC(c1ccc(C)c(Cl)c1)c1ccc(F)cc1C. The van der Waals surface area contributed by atoms with Crippen molar-refractivity contribution in [3.05, 3.63) is 69.5 Å². The van der Waals surface area contributed by atoms with Crippen molar-refractivity contribution in [2.75, 3.05) is 7.05 Å². The lowest BCUT2D eigenvalue weighted by Gasteiger charge is -2.20. The first-order chi connectivity index (χ1) is 9.02. The standard InChI is InChI=1S/C16H17ClFN/c1-10-4-5-12(9-15(10)17)16(19-3)14-7-6-13(18)8-11(14)2/h4-9,16,19H,1-3H3. The van der Waals surface area contributed by atoms with E-state index in [0.717, 1.165) is 27.3 Å². The highest BCUT2D eigenvalue weighted by molar-refractivity contribution is 6.31. The van der Waals surface area contributed by atoms with Gasteiger partial charge in [-0.2, -0.15) is 0 Å². The maximum atomic E-state index is 13.2. The van der Waals surface area contributed by atoms with Gasteiger partial charge in [0.2, 0.25) is 0 Å². The number of nitrogens with one attached hydrogen (secondary N) is 1. The van der Waals surface area contributed by atoms with Crippen molar-refractivity contribution in [2.24, 2.45) is 0 Å². The van der Waals surface area contributed by atoms with Crippen LogP contribution in [0.4, 0.5) is 4.39 Å². The van der Waals surface area contributed by atoms with Crippen LogP contribution in [0.25, 0.3) is 0 Å². The minimum atomic E-state index is -0.210. The number of hydrogen-bond acceptors (Lipinski definition) is 1. The Bertz CT molecular complexity index is 595. The van der Waals surface area contributed by atoms with Crippen molar-refractivity contribution in [3.63, 3.8) is 0 Å². The molecule has 0 saturated heterocycles. The Hall–Kier alpha value is -1.38. The van der Waals surface area contributed by atoms with E-state index in [1.807, 2.05) is 45.2 Å². The molecule has 0 fully saturated rings. The molecule has 1 atom stereocenters. The summed E-state index contributed by atoms with van der Waals surface area (Å²) in [5.41, 5.74) is 4.11. The summed E-state index contributed by atoms with van der Waals surface area (Å²) < 4.78 is 13.2. The van der Waals surface area contributed by atoms with Crippen molar-refractivity contribution in [3.8, 4) is 0 Å². The van der Waals surface area contributed by atoms with Crippen molar-refractivity contribution < 1.29 is 4.39 Å². The molecule has 0 amide bonds. The maximum absolute atomic E-state index is 13.2. The molecule has 1 nitrogen and oxygen atoms in total. The Labute approximate surface area is 118 Å². The average Bonchev–Trinajstić information content (AvgIpc) is 2.37. The first kappa shape index (κ1) is 14.0. The van der Waals surface area contributed by atoms with Crippen LogP contribution < -0.4 is 5.32 Å². The minimum absolute atomic E-state index is 0.0127. The smallest absolute Gasteiger partial charge is 0.123 e. The Morgan fingerprint density at radius 2 is 1.79 bits per heavy atom. The van der Waals surface area contributed by atoms with E-state index in [0.29, 0.717) is 0 Å². The molecular weight excluding hydrogens is 261 g/mol. The second-order valence-electron chi connectivity index (χ2n) is 4.73. The van der Waals surface area contributed by atoms with Crippen LogP contribution in [0.5, 0.6) is 0 Å². The van der Waals surface area contributed by atoms with E-state index in [-0.39, 0.29) is 11.9 Å². The fourth-order valence-corrected chi connectivity index (χ4v) is 2.44. The van der Waals surface area contributed by atoms with Gasteiger partial charge in [0, 0.05) is 5.02 Å². The van der Waals surface area contributed by atoms with Crippen LogP contribution in [-0.4, -0.2) is 7.05 Å². The molecule has 0 aliphatic rings. The van der Waals surface area contributed by atoms with E-state index in [1.54, 1.807) is 6.07 Å². The summed E-state index contributed by atoms with van der Waals surface area (Å²) in [5.74, 6) is -0.210. The van der Waals surface area contributed by atoms with Gasteiger partial charge in [-0.3, -0.25) is 0 Å². The van der Waals surface area contributed by atoms with Crippen LogP contribution in [0.3, 0.4) is 0 Å². The normalized spacial score (nSPS) is 12.5. The van der Waals surface area contributed by atoms with E-state index in [2.05, 4.69) is 5.32 Å². The summed E-state index contributed by atoms with van der Waals surface area (Å²) in [4.78, 5) is 0. The predicted octanol–water partition coefficient (Wildman–Crippen LogP) is 4.40. The van der Waals surface area contributed by atoms with Gasteiger partial charge in [0.25, 0.3) is 0 Å². The van der Waals surface area contributed by atoms with Crippen LogP contribution in [0.15, 0.2) is 36.4 Å². The van der Waals surface area contributed by atoms with Crippen molar-refractivity contribution in [1.29, 1.82) is 0 Å². The minimum Gasteiger partial charge on any atom is -0.309 e. The summed E-state index contributed by atoms with van der Waals surface area (Å²) >= 11 is 6.18.